The molecular formula is C26H24Cl2N2O4S. The summed E-state index contributed by atoms with van der Waals surface area (Å²) in [6, 6.07) is 11.3. The molecule has 1 aliphatic heterocycles. The van der Waals surface area contributed by atoms with Gasteiger partial charge in [0.1, 0.15) is 0 Å². The topological polar surface area (TPSA) is 80.6 Å². The fourth-order valence-electron chi connectivity index (χ4n) is 4.43. The van der Waals surface area contributed by atoms with Crippen molar-refractivity contribution < 1.29 is 19.0 Å². The number of nitrogens with one attached hydrogen (secondary N) is 1. The lowest BCUT2D eigenvalue weighted by Gasteiger charge is -2.33. The SMILES string of the molecule is COc1cc(C2C(C#N)=C(SCc3ccc(Cl)cc3Cl)NC3=C2C(=O)CCC3)cc(OC)c1OC. The summed E-state index contributed by atoms with van der Waals surface area (Å²) in [5.74, 6) is 1.39. The fourth-order valence-corrected chi connectivity index (χ4v) is 6.05. The molecule has 182 valence electrons. The van der Waals surface area contributed by atoms with E-state index in [0.29, 0.717) is 55.6 Å². The minimum atomic E-state index is -0.555. The van der Waals surface area contributed by atoms with E-state index in [9.17, 15) is 10.1 Å². The van der Waals surface area contributed by atoms with Gasteiger partial charge in [-0.05, 0) is 48.2 Å². The van der Waals surface area contributed by atoms with Gasteiger partial charge >= 0.3 is 0 Å². The molecule has 35 heavy (non-hydrogen) atoms. The quantitative estimate of drug-likeness (QED) is 0.444. The van der Waals surface area contributed by atoms with E-state index >= 15 is 0 Å². The molecule has 0 radical (unpaired) electrons. The van der Waals surface area contributed by atoms with Gasteiger partial charge in [0.05, 0.1) is 43.9 Å². The molecule has 2 aromatic rings. The Labute approximate surface area is 218 Å². The number of halogens is 2. The van der Waals surface area contributed by atoms with Crippen molar-refractivity contribution in [3.8, 4) is 23.3 Å². The minimum absolute atomic E-state index is 0.0371. The molecule has 1 atom stereocenters. The first-order valence-corrected chi connectivity index (χ1v) is 12.7. The van der Waals surface area contributed by atoms with Crippen LogP contribution in [0, 0.1) is 11.3 Å². The van der Waals surface area contributed by atoms with Gasteiger partial charge in [0.15, 0.2) is 17.3 Å². The molecule has 6 nitrogen and oxygen atoms in total. The zero-order valence-electron chi connectivity index (χ0n) is 19.5. The number of dihydropyridines is 1. The lowest BCUT2D eigenvalue weighted by Crippen LogP contribution is -2.31. The molecule has 1 N–H and O–H groups in total. The molecule has 0 amide bonds. The molecule has 2 aliphatic rings. The van der Waals surface area contributed by atoms with Crippen LogP contribution < -0.4 is 19.5 Å². The molecule has 0 aromatic heterocycles. The normalized spacial score (nSPS) is 17.5. The average Bonchev–Trinajstić information content (AvgIpc) is 2.86. The van der Waals surface area contributed by atoms with Crippen molar-refractivity contribution in [2.45, 2.75) is 30.9 Å². The van der Waals surface area contributed by atoms with E-state index in [1.165, 1.54) is 33.1 Å². The summed E-state index contributed by atoms with van der Waals surface area (Å²) in [5, 5.41) is 15.5. The van der Waals surface area contributed by atoms with Gasteiger partial charge in [-0.1, -0.05) is 29.3 Å². The van der Waals surface area contributed by atoms with Crippen LogP contribution >= 0.6 is 35.0 Å². The highest BCUT2D eigenvalue weighted by atomic mass is 35.5. The first-order valence-electron chi connectivity index (χ1n) is 11.0. The smallest absolute Gasteiger partial charge is 0.203 e. The van der Waals surface area contributed by atoms with Crippen molar-refractivity contribution in [2.24, 2.45) is 0 Å². The maximum absolute atomic E-state index is 13.1. The first kappa shape index (κ1) is 25.3. The molecule has 2 aromatic carbocycles. The lowest BCUT2D eigenvalue weighted by molar-refractivity contribution is -0.116. The second kappa shape index (κ2) is 10.9. The Bertz CT molecular complexity index is 1260. The van der Waals surface area contributed by atoms with E-state index in [1.807, 2.05) is 6.07 Å². The molecule has 0 fully saturated rings. The van der Waals surface area contributed by atoms with Gasteiger partial charge in [-0.2, -0.15) is 5.26 Å². The maximum Gasteiger partial charge on any atom is 0.203 e. The van der Waals surface area contributed by atoms with E-state index in [-0.39, 0.29) is 5.78 Å². The molecule has 0 bridgehead atoms. The lowest BCUT2D eigenvalue weighted by atomic mass is 9.76. The second-order valence-corrected chi connectivity index (χ2v) is 9.89. The Morgan fingerprint density at radius 2 is 1.80 bits per heavy atom. The predicted molar refractivity (Wildman–Crippen MR) is 138 cm³/mol. The number of hydrogen-bond acceptors (Lipinski definition) is 7. The number of Topliss-reactive ketones (excluding diaryl/α,β-unsaturated/α-hetero) is 1. The zero-order valence-corrected chi connectivity index (χ0v) is 21.9. The third kappa shape index (κ3) is 4.97. The standard InChI is InChI=1S/C26H24Cl2N2O4S/c1-32-21-9-15(10-22(33-2)25(21)34-3)23-17(12-29)26(30-19-5-4-6-20(31)24(19)23)35-13-14-7-8-16(27)11-18(14)28/h7-11,23,30H,4-6,13H2,1-3H3. The van der Waals surface area contributed by atoms with Crippen LogP contribution in [0.3, 0.4) is 0 Å². The van der Waals surface area contributed by atoms with Gasteiger partial charge in [0.2, 0.25) is 5.75 Å². The van der Waals surface area contributed by atoms with Crippen molar-refractivity contribution in [1.29, 1.82) is 5.26 Å². The van der Waals surface area contributed by atoms with Crippen molar-refractivity contribution >= 4 is 40.7 Å². The average molecular weight is 531 g/mol. The largest absolute Gasteiger partial charge is 0.493 e. The maximum atomic E-state index is 13.1. The number of ketones is 1. The minimum Gasteiger partial charge on any atom is -0.493 e. The van der Waals surface area contributed by atoms with Crippen molar-refractivity contribution in [3.63, 3.8) is 0 Å². The van der Waals surface area contributed by atoms with Crippen LogP contribution in [0.1, 0.15) is 36.3 Å². The third-order valence-corrected chi connectivity index (χ3v) is 7.72. The summed E-state index contributed by atoms with van der Waals surface area (Å²) < 4.78 is 16.6. The monoisotopic (exact) mass is 530 g/mol. The Balaban J connectivity index is 1.82. The van der Waals surface area contributed by atoms with Gasteiger partial charge in [-0.3, -0.25) is 4.79 Å². The van der Waals surface area contributed by atoms with Gasteiger partial charge in [-0.25, -0.2) is 0 Å². The summed E-state index contributed by atoms with van der Waals surface area (Å²) in [6.07, 6.45) is 1.94. The number of nitriles is 1. The van der Waals surface area contributed by atoms with E-state index in [1.54, 1.807) is 24.3 Å². The van der Waals surface area contributed by atoms with Crippen LogP contribution in [-0.4, -0.2) is 27.1 Å². The van der Waals surface area contributed by atoms with E-state index in [0.717, 1.165) is 29.7 Å². The highest BCUT2D eigenvalue weighted by Gasteiger charge is 2.38. The Morgan fingerprint density at radius 1 is 1.09 bits per heavy atom. The van der Waals surface area contributed by atoms with Crippen LogP contribution in [0.25, 0.3) is 0 Å². The number of nitrogens with zero attached hydrogens (tertiary/aromatic N) is 1. The molecule has 1 heterocycles. The fraction of sp³-hybridized carbons (Fsp3) is 0.308. The summed E-state index contributed by atoms with van der Waals surface area (Å²) in [4.78, 5) is 13.1. The van der Waals surface area contributed by atoms with Crippen LogP contribution in [-0.2, 0) is 10.5 Å². The van der Waals surface area contributed by atoms with Gasteiger partial charge in [0.25, 0.3) is 0 Å². The number of carbonyl (C=O) groups excluding carboxylic acids is 1. The summed E-state index contributed by atoms with van der Waals surface area (Å²) in [5.41, 5.74) is 3.56. The van der Waals surface area contributed by atoms with Crippen molar-refractivity contribution in [2.75, 3.05) is 21.3 Å². The zero-order chi connectivity index (χ0) is 25.1. The molecule has 1 unspecified atom stereocenters. The molecule has 0 spiro atoms. The molecular weight excluding hydrogens is 507 g/mol. The number of allylic oxidation sites excluding steroid dienone is 3. The van der Waals surface area contributed by atoms with E-state index in [4.69, 9.17) is 37.4 Å². The first-order chi connectivity index (χ1) is 16.9. The Hall–Kier alpha value is -2.79. The number of rotatable bonds is 7. The van der Waals surface area contributed by atoms with Crippen molar-refractivity contribution in [3.05, 3.63) is 73.4 Å². The highest BCUT2D eigenvalue weighted by molar-refractivity contribution is 8.02. The molecule has 4 rings (SSSR count). The molecule has 9 heteroatoms. The van der Waals surface area contributed by atoms with E-state index < -0.39 is 5.92 Å². The van der Waals surface area contributed by atoms with Crippen LogP contribution in [0.15, 0.2) is 52.2 Å². The van der Waals surface area contributed by atoms with Gasteiger partial charge in [0, 0.05) is 33.5 Å². The summed E-state index contributed by atoms with van der Waals surface area (Å²) in [6.45, 7) is 0. The molecule has 1 aliphatic carbocycles. The Kier molecular flexibility index (Phi) is 7.85. The van der Waals surface area contributed by atoms with Crippen LogP contribution in [0.4, 0.5) is 0 Å². The number of hydrogen-bond donors (Lipinski definition) is 1. The highest BCUT2D eigenvalue weighted by Crippen LogP contribution is 2.48. The predicted octanol–water partition coefficient (Wildman–Crippen LogP) is 6.38. The summed E-state index contributed by atoms with van der Waals surface area (Å²) in [7, 11) is 4.61. The number of ether oxygens (including phenoxy) is 3. The third-order valence-electron chi connectivity index (χ3n) is 6.07. The number of carbonyl (C=O) groups is 1. The summed E-state index contributed by atoms with van der Waals surface area (Å²) >= 11 is 13.9. The number of methoxy groups -OCH3 is 3. The second-order valence-electron chi connectivity index (χ2n) is 8.06. The van der Waals surface area contributed by atoms with Crippen molar-refractivity contribution in [1.82, 2.24) is 5.32 Å². The van der Waals surface area contributed by atoms with Crippen LogP contribution in [0.2, 0.25) is 10.0 Å². The van der Waals surface area contributed by atoms with Crippen LogP contribution in [0.5, 0.6) is 17.2 Å². The van der Waals surface area contributed by atoms with Gasteiger partial charge in [-0.15, -0.1) is 11.8 Å². The van der Waals surface area contributed by atoms with Gasteiger partial charge < -0.3 is 19.5 Å². The van der Waals surface area contributed by atoms with E-state index in [2.05, 4.69) is 11.4 Å². The molecule has 0 saturated carbocycles. The number of benzene rings is 2. The molecule has 0 saturated heterocycles. The Morgan fingerprint density at radius 3 is 2.40 bits per heavy atom. The number of thioether (sulfide) groups is 1.